The number of hydrogen-bond donors (Lipinski definition) is 2. The van der Waals surface area contributed by atoms with Crippen molar-refractivity contribution in [1.82, 2.24) is 19.6 Å². The van der Waals surface area contributed by atoms with Crippen LogP contribution < -0.4 is 10.6 Å². The summed E-state index contributed by atoms with van der Waals surface area (Å²) in [6.07, 6.45) is 5.19. The fourth-order valence-corrected chi connectivity index (χ4v) is 5.55. The number of carbonyl (C=O) groups excluding carboxylic acids is 1. The lowest BCUT2D eigenvalue weighted by Gasteiger charge is -2.19. The molecule has 156 valence electrons. The number of hydrogen-bond acceptors (Lipinski definition) is 6. The number of nitrogens with one attached hydrogen (secondary N) is 2. The summed E-state index contributed by atoms with van der Waals surface area (Å²) in [5.74, 6) is 0.384. The van der Waals surface area contributed by atoms with E-state index in [-0.39, 0.29) is 35.0 Å². The van der Waals surface area contributed by atoms with E-state index in [9.17, 15) is 13.2 Å². The molecule has 1 saturated heterocycles. The predicted molar refractivity (Wildman–Crippen MR) is 115 cm³/mol. The van der Waals surface area contributed by atoms with Crippen LogP contribution in [-0.4, -0.2) is 54.3 Å². The van der Waals surface area contributed by atoms with E-state index in [2.05, 4.69) is 20.6 Å². The van der Waals surface area contributed by atoms with Crippen molar-refractivity contribution in [3.8, 4) is 0 Å². The Kier molecular flexibility index (Phi) is 5.85. The first-order chi connectivity index (χ1) is 14.4. The van der Waals surface area contributed by atoms with Gasteiger partial charge in [-0.25, -0.2) is 13.4 Å². The number of nitrogens with zero attached hydrogens (tertiary/aromatic N) is 3. The molecule has 1 aliphatic rings. The topological polar surface area (TPSA) is 104 Å². The maximum Gasteiger partial charge on any atom is 0.243 e. The fraction of sp³-hybridized carbons (Fsp3) is 0.250. The Balaban J connectivity index is 1.43. The first-order valence-electron chi connectivity index (χ1n) is 9.42. The minimum absolute atomic E-state index is 0.0617. The van der Waals surface area contributed by atoms with Crippen molar-refractivity contribution in [3.63, 3.8) is 0 Å². The second kappa shape index (κ2) is 8.55. The van der Waals surface area contributed by atoms with Crippen LogP contribution in [0.15, 0.2) is 59.9 Å². The molecule has 1 fully saturated rings. The minimum atomic E-state index is -3.77. The molecule has 8 nitrogen and oxygen atoms in total. The summed E-state index contributed by atoms with van der Waals surface area (Å²) in [5.41, 5.74) is 0. The normalized spacial score (nSPS) is 17.2. The molecular formula is C20H20ClN5O3S. The van der Waals surface area contributed by atoms with Gasteiger partial charge in [0.1, 0.15) is 5.82 Å². The Morgan fingerprint density at radius 1 is 1.20 bits per heavy atom. The third-order valence-corrected chi connectivity index (χ3v) is 7.12. The number of sulfonamides is 1. The van der Waals surface area contributed by atoms with Gasteiger partial charge in [-0.1, -0.05) is 29.8 Å². The van der Waals surface area contributed by atoms with E-state index in [1.807, 2.05) is 6.07 Å². The number of benzene rings is 1. The van der Waals surface area contributed by atoms with Crippen LogP contribution in [0.3, 0.4) is 0 Å². The molecule has 4 rings (SSSR count). The number of anilines is 1. The quantitative estimate of drug-likeness (QED) is 0.603. The summed E-state index contributed by atoms with van der Waals surface area (Å²) >= 11 is 6.24. The van der Waals surface area contributed by atoms with Crippen LogP contribution in [0.5, 0.6) is 0 Å². The van der Waals surface area contributed by atoms with Crippen molar-refractivity contribution in [2.45, 2.75) is 17.4 Å². The van der Waals surface area contributed by atoms with E-state index in [4.69, 9.17) is 11.6 Å². The summed E-state index contributed by atoms with van der Waals surface area (Å²) in [7, 11) is -3.77. The zero-order chi connectivity index (χ0) is 21.1. The molecule has 30 heavy (non-hydrogen) atoms. The summed E-state index contributed by atoms with van der Waals surface area (Å²) in [6, 6.07) is 10.1. The fourth-order valence-electron chi connectivity index (χ4n) is 3.49. The van der Waals surface area contributed by atoms with Gasteiger partial charge < -0.3 is 10.6 Å². The van der Waals surface area contributed by atoms with Crippen LogP contribution in [-0.2, 0) is 14.8 Å². The Morgan fingerprint density at radius 2 is 2.07 bits per heavy atom. The number of fused-ring (bicyclic) bond motifs is 1. The van der Waals surface area contributed by atoms with Crippen LogP contribution in [0, 0.1) is 0 Å². The second-order valence-electron chi connectivity index (χ2n) is 6.96. The van der Waals surface area contributed by atoms with E-state index < -0.39 is 10.0 Å². The highest BCUT2D eigenvalue weighted by Gasteiger charge is 2.34. The van der Waals surface area contributed by atoms with Crippen LogP contribution in [0.4, 0.5) is 5.82 Å². The molecule has 0 radical (unpaired) electrons. The molecule has 1 aromatic carbocycles. The summed E-state index contributed by atoms with van der Waals surface area (Å²) in [5, 5.41) is 7.22. The number of pyridine rings is 2. The lowest BCUT2D eigenvalue weighted by Crippen LogP contribution is -2.41. The average Bonchev–Trinajstić information content (AvgIpc) is 3.22. The number of rotatable bonds is 6. The SMILES string of the molecule is O=C(CNc1ccccn1)N[C@H]1CCN(S(=O)(=O)c2cccc3cncc(Cl)c23)C1. The van der Waals surface area contributed by atoms with Crippen LogP contribution >= 0.6 is 11.6 Å². The van der Waals surface area contributed by atoms with Gasteiger partial charge in [0.05, 0.1) is 16.5 Å². The van der Waals surface area contributed by atoms with Gasteiger partial charge in [0.25, 0.3) is 0 Å². The number of amides is 1. The van der Waals surface area contributed by atoms with Crippen molar-refractivity contribution >= 4 is 44.1 Å². The highest BCUT2D eigenvalue weighted by molar-refractivity contribution is 7.89. The number of aromatic nitrogens is 2. The highest BCUT2D eigenvalue weighted by Crippen LogP contribution is 2.32. The average molecular weight is 446 g/mol. The first-order valence-corrected chi connectivity index (χ1v) is 11.2. The molecule has 1 aliphatic heterocycles. The number of carbonyl (C=O) groups is 1. The summed E-state index contributed by atoms with van der Waals surface area (Å²) in [6.45, 7) is 0.586. The molecule has 0 saturated carbocycles. The molecule has 0 aliphatic carbocycles. The molecule has 1 atom stereocenters. The second-order valence-corrected chi connectivity index (χ2v) is 9.27. The molecule has 2 N–H and O–H groups in total. The minimum Gasteiger partial charge on any atom is -0.361 e. The Bertz CT molecular complexity index is 1170. The van der Waals surface area contributed by atoms with Crippen molar-refractivity contribution in [2.75, 3.05) is 25.0 Å². The largest absolute Gasteiger partial charge is 0.361 e. The Hall–Kier alpha value is -2.75. The monoisotopic (exact) mass is 445 g/mol. The Labute approximate surface area is 179 Å². The van der Waals surface area contributed by atoms with Gasteiger partial charge in [-0.15, -0.1) is 0 Å². The molecule has 10 heteroatoms. The van der Waals surface area contributed by atoms with Gasteiger partial charge in [-0.05, 0) is 24.6 Å². The van der Waals surface area contributed by atoms with E-state index in [1.54, 1.807) is 42.7 Å². The smallest absolute Gasteiger partial charge is 0.243 e. The van der Waals surface area contributed by atoms with Gasteiger partial charge in [0, 0.05) is 48.5 Å². The third kappa shape index (κ3) is 4.23. The van der Waals surface area contributed by atoms with E-state index in [0.717, 1.165) is 0 Å². The van der Waals surface area contributed by atoms with Crippen molar-refractivity contribution < 1.29 is 13.2 Å². The van der Waals surface area contributed by atoms with E-state index in [1.165, 1.54) is 10.5 Å². The summed E-state index contributed by atoms with van der Waals surface area (Å²) < 4.78 is 27.9. The maximum absolute atomic E-state index is 13.3. The van der Waals surface area contributed by atoms with Gasteiger partial charge in [-0.3, -0.25) is 9.78 Å². The molecular weight excluding hydrogens is 426 g/mol. The highest BCUT2D eigenvalue weighted by atomic mass is 35.5. The zero-order valence-corrected chi connectivity index (χ0v) is 17.5. The summed E-state index contributed by atoms with van der Waals surface area (Å²) in [4.78, 5) is 20.5. The zero-order valence-electron chi connectivity index (χ0n) is 16.0. The molecule has 2 aromatic heterocycles. The lowest BCUT2D eigenvalue weighted by molar-refractivity contribution is -0.120. The Morgan fingerprint density at radius 3 is 2.87 bits per heavy atom. The van der Waals surface area contributed by atoms with Crippen LogP contribution in [0.25, 0.3) is 10.8 Å². The molecule has 3 aromatic rings. The standard InChI is InChI=1S/C20H20ClN5O3S/c21-16-11-22-10-14-4-3-5-17(20(14)16)30(28,29)26-9-7-15(13-26)25-19(27)12-24-18-6-1-2-8-23-18/h1-6,8,10-11,15H,7,9,12-13H2,(H,23,24)(H,25,27)/t15-/m0/s1. The molecule has 0 bridgehead atoms. The van der Waals surface area contributed by atoms with E-state index in [0.29, 0.717) is 29.6 Å². The van der Waals surface area contributed by atoms with Gasteiger partial charge >= 0.3 is 0 Å². The molecule has 1 amide bonds. The third-order valence-electron chi connectivity index (χ3n) is 4.93. The number of halogens is 1. The molecule has 0 unspecified atom stereocenters. The molecule has 0 spiro atoms. The van der Waals surface area contributed by atoms with Crippen molar-refractivity contribution in [1.29, 1.82) is 0 Å². The van der Waals surface area contributed by atoms with Gasteiger partial charge in [-0.2, -0.15) is 4.31 Å². The first kappa shape index (κ1) is 20.5. The van der Waals surface area contributed by atoms with Crippen LogP contribution in [0.2, 0.25) is 5.02 Å². The lowest BCUT2D eigenvalue weighted by atomic mass is 10.2. The van der Waals surface area contributed by atoms with Gasteiger partial charge in [0.2, 0.25) is 15.9 Å². The van der Waals surface area contributed by atoms with E-state index >= 15 is 0 Å². The maximum atomic E-state index is 13.3. The molecule has 3 heterocycles. The van der Waals surface area contributed by atoms with Crippen molar-refractivity contribution in [3.05, 3.63) is 60.0 Å². The van der Waals surface area contributed by atoms with Crippen molar-refractivity contribution in [2.24, 2.45) is 0 Å². The predicted octanol–water partition coefficient (Wildman–Crippen LogP) is 2.27. The van der Waals surface area contributed by atoms with Crippen LogP contribution in [0.1, 0.15) is 6.42 Å². The van der Waals surface area contributed by atoms with Gasteiger partial charge in [0.15, 0.2) is 0 Å².